The van der Waals surface area contributed by atoms with Gasteiger partial charge >= 0.3 is 11.9 Å². The molecule has 0 fully saturated rings. The molecule has 174 valence electrons. The van der Waals surface area contributed by atoms with E-state index in [1.165, 1.54) is 18.9 Å². The van der Waals surface area contributed by atoms with Crippen molar-refractivity contribution in [1.29, 1.82) is 0 Å². The van der Waals surface area contributed by atoms with Gasteiger partial charge in [-0.1, -0.05) is 18.2 Å². The first-order valence-corrected chi connectivity index (χ1v) is 11.4. The lowest BCUT2D eigenvalue weighted by molar-refractivity contribution is -0.145. The van der Waals surface area contributed by atoms with Crippen molar-refractivity contribution in [1.82, 2.24) is 15.6 Å². The maximum atomic E-state index is 12.8. The van der Waals surface area contributed by atoms with Crippen molar-refractivity contribution in [2.24, 2.45) is 5.73 Å². The number of ether oxygens (including phenoxy) is 1. The van der Waals surface area contributed by atoms with Gasteiger partial charge in [-0.2, -0.15) is 11.8 Å². The third-order valence-corrected chi connectivity index (χ3v) is 5.53. The summed E-state index contributed by atoms with van der Waals surface area (Å²) in [6.07, 6.45) is 3.43. The van der Waals surface area contributed by atoms with Crippen molar-refractivity contribution in [3.05, 3.63) is 36.0 Å². The van der Waals surface area contributed by atoms with E-state index in [4.69, 9.17) is 10.5 Å². The molecule has 2 aromatic rings. The fourth-order valence-corrected chi connectivity index (χ4v) is 3.66. The van der Waals surface area contributed by atoms with Gasteiger partial charge in [0.15, 0.2) is 0 Å². The molecule has 32 heavy (non-hydrogen) atoms. The molecule has 0 saturated carbocycles. The van der Waals surface area contributed by atoms with E-state index in [2.05, 4.69) is 15.6 Å². The van der Waals surface area contributed by atoms with Crippen LogP contribution in [0.25, 0.3) is 10.9 Å². The highest BCUT2D eigenvalue weighted by atomic mass is 32.2. The lowest BCUT2D eigenvalue weighted by Crippen LogP contribution is -2.55. The minimum absolute atomic E-state index is 0.114. The number of para-hydroxylation sites is 1. The van der Waals surface area contributed by atoms with Crippen LogP contribution < -0.4 is 16.4 Å². The number of amides is 2. The number of hydrogen-bond donors (Lipinski definition) is 5. The minimum atomic E-state index is -1.39. The summed E-state index contributed by atoms with van der Waals surface area (Å²) >= 11 is 1.51. The number of H-pyrrole nitrogens is 1. The number of methoxy groups -OCH3 is 1. The molecule has 0 aliphatic heterocycles. The molecule has 0 spiro atoms. The summed E-state index contributed by atoms with van der Waals surface area (Å²) in [5, 5.41) is 15.0. The van der Waals surface area contributed by atoms with E-state index < -0.39 is 48.3 Å². The molecular formula is C21H28N4O6S. The first kappa shape index (κ1) is 25.2. The van der Waals surface area contributed by atoms with Gasteiger partial charge < -0.3 is 31.2 Å². The molecular weight excluding hydrogens is 436 g/mol. The van der Waals surface area contributed by atoms with E-state index in [0.717, 1.165) is 16.5 Å². The zero-order chi connectivity index (χ0) is 23.7. The molecule has 2 amide bonds. The van der Waals surface area contributed by atoms with Gasteiger partial charge in [0.2, 0.25) is 11.8 Å². The van der Waals surface area contributed by atoms with E-state index in [1.54, 1.807) is 6.20 Å². The van der Waals surface area contributed by atoms with Gasteiger partial charge in [-0.15, -0.1) is 0 Å². The Hall–Kier alpha value is -3.05. The Kier molecular flexibility index (Phi) is 9.54. The predicted molar refractivity (Wildman–Crippen MR) is 121 cm³/mol. The molecule has 6 N–H and O–H groups in total. The molecule has 0 saturated heterocycles. The van der Waals surface area contributed by atoms with Crippen molar-refractivity contribution in [2.45, 2.75) is 37.4 Å². The molecule has 2 rings (SSSR count). The minimum Gasteiger partial charge on any atom is -0.481 e. The number of aliphatic carboxylic acids is 1. The number of thioether (sulfide) groups is 1. The van der Waals surface area contributed by atoms with Gasteiger partial charge in [-0.05, 0) is 30.1 Å². The first-order valence-electron chi connectivity index (χ1n) is 9.96. The summed E-state index contributed by atoms with van der Waals surface area (Å²) < 4.78 is 4.81. The number of carbonyl (C=O) groups excluding carboxylic acids is 3. The Labute approximate surface area is 189 Å². The van der Waals surface area contributed by atoms with Crippen LogP contribution in [0.5, 0.6) is 0 Å². The number of esters is 1. The van der Waals surface area contributed by atoms with Crippen LogP contribution in [0.3, 0.4) is 0 Å². The number of aromatic amines is 1. The number of nitrogens with one attached hydrogen (secondary N) is 3. The topological polar surface area (TPSA) is 164 Å². The normalized spacial score (nSPS) is 13.7. The van der Waals surface area contributed by atoms with E-state index in [9.17, 15) is 24.3 Å². The highest BCUT2D eigenvalue weighted by Crippen LogP contribution is 2.19. The van der Waals surface area contributed by atoms with Crippen molar-refractivity contribution < 1.29 is 29.0 Å². The second kappa shape index (κ2) is 12.1. The SMILES string of the molecule is COC(=O)C(Cc1c[nH]c2ccccc12)NC(=O)C(CC(=O)O)NC(=O)C(N)CCSC. The van der Waals surface area contributed by atoms with Crippen LogP contribution in [-0.2, 0) is 30.3 Å². The quantitative estimate of drug-likeness (QED) is 0.282. The lowest BCUT2D eigenvalue weighted by Gasteiger charge is -2.22. The van der Waals surface area contributed by atoms with Crippen LogP contribution in [-0.4, -0.2) is 71.1 Å². The van der Waals surface area contributed by atoms with Crippen molar-refractivity contribution >= 4 is 46.4 Å². The fraction of sp³-hybridized carbons (Fsp3) is 0.429. The molecule has 3 atom stereocenters. The number of carboxylic acids is 1. The fourth-order valence-electron chi connectivity index (χ4n) is 3.17. The zero-order valence-electron chi connectivity index (χ0n) is 17.9. The lowest BCUT2D eigenvalue weighted by atomic mass is 10.0. The molecule has 10 nitrogen and oxygen atoms in total. The van der Waals surface area contributed by atoms with Crippen molar-refractivity contribution in [2.75, 3.05) is 19.1 Å². The zero-order valence-corrected chi connectivity index (χ0v) is 18.7. The Morgan fingerprint density at radius 2 is 1.84 bits per heavy atom. The molecule has 1 heterocycles. The number of hydrogen-bond acceptors (Lipinski definition) is 7. The largest absolute Gasteiger partial charge is 0.481 e. The third kappa shape index (κ3) is 6.99. The summed E-state index contributed by atoms with van der Waals surface area (Å²) in [5.74, 6) is -2.78. The summed E-state index contributed by atoms with van der Waals surface area (Å²) in [7, 11) is 1.19. The molecule has 0 bridgehead atoms. The molecule has 0 radical (unpaired) electrons. The number of carbonyl (C=O) groups is 4. The number of carboxylic acid groups (broad SMARTS) is 1. The van der Waals surface area contributed by atoms with E-state index in [0.29, 0.717) is 12.2 Å². The number of benzene rings is 1. The van der Waals surface area contributed by atoms with Gasteiger partial charge in [-0.3, -0.25) is 14.4 Å². The number of aromatic nitrogens is 1. The summed E-state index contributed by atoms with van der Waals surface area (Å²) in [4.78, 5) is 51.8. The first-order chi connectivity index (χ1) is 15.3. The number of fused-ring (bicyclic) bond motifs is 1. The van der Waals surface area contributed by atoms with Crippen LogP contribution in [0.4, 0.5) is 0 Å². The third-order valence-electron chi connectivity index (χ3n) is 4.88. The summed E-state index contributed by atoms with van der Waals surface area (Å²) in [6, 6.07) is 4.12. The molecule has 1 aromatic carbocycles. The average molecular weight is 465 g/mol. The smallest absolute Gasteiger partial charge is 0.328 e. The number of nitrogens with two attached hydrogens (primary N) is 1. The maximum Gasteiger partial charge on any atom is 0.328 e. The van der Waals surface area contributed by atoms with Gasteiger partial charge in [0, 0.05) is 23.5 Å². The summed E-state index contributed by atoms with van der Waals surface area (Å²) in [6.45, 7) is 0. The molecule has 0 aliphatic carbocycles. The van der Waals surface area contributed by atoms with Gasteiger partial charge in [0.25, 0.3) is 0 Å². The van der Waals surface area contributed by atoms with E-state index in [1.807, 2.05) is 30.5 Å². The Bertz CT molecular complexity index is 963. The highest BCUT2D eigenvalue weighted by molar-refractivity contribution is 7.98. The van der Waals surface area contributed by atoms with Gasteiger partial charge in [-0.25, -0.2) is 4.79 Å². The predicted octanol–water partition coefficient (Wildman–Crippen LogP) is 0.408. The Morgan fingerprint density at radius 3 is 2.50 bits per heavy atom. The van der Waals surface area contributed by atoms with Crippen LogP contribution in [0.1, 0.15) is 18.4 Å². The molecule has 3 unspecified atom stereocenters. The Balaban J connectivity index is 2.15. The van der Waals surface area contributed by atoms with Crippen LogP contribution in [0.15, 0.2) is 30.5 Å². The average Bonchev–Trinajstić information content (AvgIpc) is 3.18. The number of rotatable bonds is 12. The molecule has 11 heteroatoms. The monoisotopic (exact) mass is 464 g/mol. The standard InChI is InChI=1S/C21H28N4O6S/c1-31-21(30)17(9-12-11-23-15-6-4-3-5-13(12)15)25-20(29)16(10-18(26)27)24-19(28)14(22)7-8-32-2/h3-6,11,14,16-17,23H,7-10,22H2,1-2H3,(H,24,28)(H,25,29)(H,26,27). The molecule has 1 aromatic heterocycles. The second-order valence-corrected chi connectivity index (χ2v) is 8.18. The van der Waals surface area contributed by atoms with Gasteiger partial charge in [0.05, 0.1) is 19.6 Å². The van der Waals surface area contributed by atoms with Crippen LogP contribution >= 0.6 is 11.8 Å². The molecule has 0 aliphatic rings. The summed E-state index contributed by atoms with van der Waals surface area (Å²) in [5.41, 5.74) is 7.46. The Morgan fingerprint density at radius 1 is 1.16 bits per heavy atom. The van der Waals surface area contributed by atoms with E-state index >= 15 is 0 Å². The van der Waals surface area contributed by atoms with Crippen molar-refractivity contribution in [3.63, 3.8) is 0 Å². The maximum absolute atomic E-state index is 12.8. The highest BCUT2D eigenvalue weighted by Gasteiger charge is 2.30. The second-order valence-electron chi connectivity index (χ2n) is 7.19. The van der Waals surface area contributed by atoms with E-state index in [-0.39, 0.29) is 6.42 Å². The van der Waals surface area contributed by atoms with Crippen molar-refractivity contribution in [3.8, 4) is 0 Å². The van der Waals surface area contributed by atoms with Gasteiger partial charge in [0.1, 0.15) is 12.1 Å². The van der Waals surface area contributed by atoms with Crippen LogP contribution in [0, 0.1) is 0 Å². The van der Waals surface area contributed by atoms with Crippen LogP contribution in [0.2, 0.25) is 0 Å².